The van der Waals surface area contributed by atoms with Gasteiger partial charge in [0.15, 0.2) is 5.16 Å². The molecule has 178 valence electrons. The van der Waals surface area contributed by atoms with Crippen LogP contribution in [0, 0.1) is 6.92 Å². The quantitative estimate of drug-likeness (QED) is 0.251. The number of hydrogen-bond donors (Lipinski definition) is 0. The lowest BCUT2D eigenvalue weighted by Crippen LogP contribution is -2.29. The predicted molar refractivity (Wildman–Crippen MR) is 133 cm³/mol. The van der Waals surface area contributed by atoms with Crippen LogP contribution in [0.3, 0.4) is 0 Å². The summed E-state index contributed by atoms with van der Waals surface area (Å²) in [6, 6.07) is 7.49. The summed E-state index contributed by atoms with van der Waals surface area (Å²) in [5.41, 5.74) is 1.95. The summed E-state index contributed by atoms with van der Waals surface area (Å²) in [5, 5.41) is 5.50. The van der Waals surface area contributed by atoms with E-state index in [-0.39, 0.29) is 11.7 Å². The fourth-order valence-electron chi connectivity index (χ4n) is 4.22. The highest BCUT2D eigenvalue weighted by atomic mass is 32.2. The minimum Gasteiger partial charge on any atom is -0.497 e. The topological polar surface area (TPSA) is 92.3 Å². The molecule has 1 aromatic carbocycles. The molecule has 0 amide bonds. The van der Waals surface area contributed by atoms with Crippen molar-refractivity contribution in [3.05, 3.63) is 51.0 Å². The van der Waals surface area contributed by atoms with Crippen molar-refractivity contribution in [1.29, 1.82) is 0 Å². The van der Waals surface area contributed by atoms with Gasteiger partial charge in [-0.2, -0.15) is 4.98 Å². The largest absolute Gasteiger partial charge is 0.497 e. The lowest BCUT2D eigenvalue weighted by Gasteiger charge is -2.15. The molecule has 0 bridgehead atoms. The van der Waals surface area contributed by atoms with Crippen LogP contribution in [-0.2, 0) is 23.5 Å². The third-order valence-electron chi connectivity index (χ3n) is 5.98. The Morgan fingerprint density at radius 1 is 1.26 bits per heavy atom. The predicted octanol–water partition coefficient (Wildman–Crippen LogP) is 4.86. The number of fused-ring (bicyclic) bond motifs is 1. The zero-order valence-electron chi connectivity index (χ0n) is 19.4. The van der Waals surface area contributed by atoms with Crippen LogP contribution in [0.25, 0.3) is 21.6 Å². The maximum absolute atomic E-state index is 13.6. The van der Waals surface area contributed by atoms with Crippen LogP contribution < -0.4 is 10.3 Å². The zero-order valence-corrected chi connectivity index (χ0v) is 21.0. The molecular formula is C24H26N4O4S2. The van der Waals surface area contributed by atoms with Crippen LogP contribution in [0.5, 0.6) is 5.75 Å². The molecule has 1 saturated heterocycles. The summed E-state index contributed by atoms with van der Waals surface area (Å²) in [7, 11) is 1.63. The first kappa shape index (κ1) is 23.1. The summed E-state index contributed by atoms with van der Waals surface area (Å²) in [4.78, 5) is 24.9. The van der Waals surface area contributed by atoms with E-state index in [0.717, 1.165) is 57.8 Å². The van der Waals surface area contributed by atoms with Crippen molar-refractivity contribution in [2.24, 2.45) is 0 Å². The standard InChI is InChI=1S/C24H26N4O4S2/c1-4-18-14(2)34-22-20(18)23(29)28(12-17-6-5-11-31-17)24(26-22)33-13-19-25-21(27-32-19)15-7-9-16(30-3)10-8-15/h7-10,17H,4-6,11-13H2,1-3H3. The fraction of sp³-hybridized carbons (Fsp3) is 0.417. The highest BCUT2D eigenvalue weighted by molar-refractivity contribution is 7.98. The van der Waals surface area contributed by atoms with Crippen LogP contribution in [0.1, 0.15) is 36.1 Å². The van der Waals surface area contributed by atoms with Crippen molar-refractivity contribution in [1.82, 2.24) is 19.7 Å². The molecule has 4 aromatic rings. The number of aromatic nitrogens is 4. The molecule has 0 saturated carbocycles. The second-order valence-corrected chi connectivity index (χ2v) is 10.3. The van der Waals surface area contributed by atoms with E-state index < -0.39 is 0 Å². The molecule has 1 aliphatic rings. The molecule has 5 rings (SSSR count). The fourth-order valence-corrected chi connectivity index (χ4v) is 6.22. The van der Waals surface area contributed by atoms with E-state index in [1.165, 1.54) is 11.8 Å². The molecule has 1 aliphatic heterocycles. The van der Waals surface area contributed by atoms with Gasteiger partial charge in [0, 0.05) is 17.0 Å². The minimum absolute atomic E-state index is 0.00801. The molecule has 1 atom stereocenters. The smallest absolute Gasteiger partial charge is 0.263 e. The van der Waals surface area contributed by atoms with Gasteiger partial charge in [0.25, 0.3) is 5.56 Å². The van der Waals surface area contributed by atoms with Crippen LogP contribution in [-0.4, -0.2) is 39.5 Å². The molecule has 1 fully saturated rings. The molecular weight excluding hydrogens is 472 g/mol. The number of thiophene rings is 1. The molecule has 8 nitrogen and oxygen atoms in total. The maximum Gasteiger partial charge on any atom is 0.263 e. The van der Waals surface area contributed by atoms with Gasteiger partial charge in [0.05, 0.1) is 30.9 Å². The number of benzene rings is 1. The van der Waals surface area contributed by atoms with Crippen molar-refractivity contribution in [2.75, 3.05) is 13.7 Å². The molecule has 4 heterocycles. The number of nitrogens with zero attached hydrogens (tertiary/aromatic N) is 4. The van der Waals surface area contributed by atoms with E-state index in [9.17, 15) is 4.79 Å². The van der Waals surface area contributed by atoms with Gasteiger partial charge in [-0.1, -0.05) is 23.8 Å². The lowest BCUT2D eigenvalue weighted by molar-refractivity contribution is 0.0937. The van der Waals surface area contributed by atoms with Crippen molar-refractivity contribution >= 4 is 33.3 Å². The Bertz CT molecular complexity index is 1350. The minimum atomic E-state index is 0.00801. The number of thioether (sulfide) groups is 1. The van der Waals surface area contributed by atoms with Crippen LogP contribution in [0.2, 0.25) is 0 Å². The number of hydrogen-bond acceptors (Lipinski definition) is 9. The zero-order chi connectivity index (χ0) is 23.7. The van der Waals surface area contributed by atoms with Crippen LogP contribution >= 0.6 is 23.1 Å². The Kier molecular flexibility index (Phi) is 6.71. The Morgan fingerprint density at radius 2 is 2.09 bits per heavy atom. The molecule has 0 N–H and O–H groups in total. The maximum atomic E-state index is 13.6. The molecule has 0 aliphatic carbocycles. The molecule has 34 heavy (non-hydrogen) atoms. The average Bonchev–Trinajstić information content (AvgIpc) is 3.60. The SMILES string of the molecule is CCc1c(C)sc2nc(SCc3nc(-c4ccc(OC)cc4)no3)n(CC3CCCO3)c(=O)c12. The van der Waals surface area contributed by atoms with Gasteiger partial charge in [-0.25, -0.2) is 4.98 Å². The van der Waals surface area contributed by atoms with Crippen molar-refractivity contribution in [3.8, 4) is 17.1 Å². The van der Waals surface area contributed by atoms with E-state index in [1.54, 1.807) is 23.0 Å². The van der Waals surface area contributed by atoms with E-state index in [4.69, 9.17) is 19.0 Å². The van der Waals surface area contributed by atoms with Gasteiger partial charge in [0.2, 0.25) is 11.7 Å². The van der Waals surface area contributed by atoms with Gasteiger partial charge < -0.3 is 14.0 Å². The average molecular weight is 499 g/mol. The van der Waals surface area contributed by atoms with E-state index in [0.29, 0.717) is 29.2 Å². The van der Waals surface area contributed by atoms with Gasteiger partial charge in [-0.3, -0.25) is 9.36 Å². The van der Waals surface area contributed by atoms with Crippen LogP contribution in [0.15, 0.2) is 38.7 Å². The second-order valence-electron chi connectivity index (χ2n) is 8.14. The van der Waals surface area contributed by atoms with E-state index in [2.05, 4.69) is 24.0 Å². The molecule has 1 unspecified atom stereocenters. The summed E-state index contributed by atoms with van der Waals surface area (Å²) in [6.07, 6.45) is 2.81. The third-order valence-corrected chi connectivity index (χ3v) is 7.98. The van der Waals surface area contributed by atoms with Gasteiger partial charge in [0.1, 0.15) is 10.6 Å². The van der Waals surface area contributed by atoms with Crippen molar-refractivity contribution in [3.63, 3.8) is 0 Å². The molecule has 0 spiro atoms. The lowest BCUT2D eigenvalue weighted by atomic mass is 10.1. The Labute approximate surface area is 205 Å². The second kappa shape index (κ2) is 9.89. The number of methoxy groups -OCH3 is 1. The molecule has 0 radical (unpaired) electrons. The van der Waals surface area contributed by atoms with Crippen molar-refractivity contribution in [2.45, 2.75) is 56.7 Å². The Hall–Kier alpha value is -2.69. The van der Waals surface area contributed by atoms with Gasteiger partial charge >= 0.3 is 0 Å². The monoisotopic (exact) mass is 498 g/mol. The Balaban J connectivity index is 1.43. The van der Waals surface area contributed by atoms with Crippen LogP contribution in [0.4, 0.5) is 0 Å². The normalized spacial score (nSPS) is 15.9. The third kappa shape index (κ3) is 4.49. The van der Waals surface area contributed by atoms with Gasteiger partial charge in [-0.05, 0) is 56.0 Å². The number of aryl methyl sites for hydroxylation is 2. The summed E-state index contributed by atoms with van der Waals surface area (Å²) >= 11 is 3.02. The molecule has 3 aromatic heterocycles. The first-order valence-corrected chi connectivity index (χ1v) is 13.1. The van der Waals surface area contributed by atoms with E-state index in [1.807, 2.05) is 24.3 Å². The first-order valence-electron chi connectivity index (χ1n) is 11.3. The summed E-state index contributed by atoms with van der Waals surface area (Å²) in [6.45, 7) is 5.38. The highest BCUT2D eigenvalue weighted by Crippen LogP contribution is 2.31. The summed E-state index contributed by atoms with van der Waals surface area (Å²) in [5.74, 6) is 2.17. The highest BCUT2D eigenvalue weighted by Gasteiger charge is 2.23. The number of rotatable bonds is 8. The van der Waals surface area contributed by atoms with E-state index >= 15 is 0 Å². The van der Waals surface area contributed by atoms with Crippen molar-refractivity contribution < 1.29 is 14.0 Å². The molecule has 10 heteroatoms. The first-order chi connectivity index (χ1) is 16.6. The number of ether oxygens (including phenoxy) is 2. The van der Waals surface area contributed by atoms with Gasteiger partial charge in [-0.15, -0.1) is 11.3 Å². The summed E-state index contributed by atoms with van der Waals surface area (Å²) < 4.78 is 18.3. The Morgan fingerprint density at radius 3 is 2.79 bits per heavy atom.